The van der Waals surface area contributed by atoms with E-state index in [2.05, 4.69) is 24.1 Å². The molecule has 1 saturated heterocycles. The van der Waals surface area contributed by atoms with Crippen LogP contribution >= 0.6 is 0 Å². The minimum atomic E-state index is -0.784. The van der Waals surface area contributed by atoms with E-state index in [0.717, 1.165) is 26.1 Å². The molecule has 116 valence electrons. The summed E-state index contributed by atoms with van der Waals surface area (Å²) < 4.78 is 0. The van der Waals surface area contributed by atoms with Gasteiger partial charge < -0.3 is 20.2 Å². The Bertz CT molecular complexity index is 330. The smallest absolute Gasteiger partial charge is 0.317 e. The first-order valence-corrected chi connectivity index (χ1v) is 7.47. The summed E-state index contributed by atoms with van der Waals surface area (Å²) in [6, 6.07) is -0.0774. The van der Waals surface area contributed by atoms with Crippen molar-refractivity contribution in [2.45, 2.75) is 27.2 Å². The number of hydrogen-bond donors (Lipinski definition) is 2. The van der Waals surface area contributed by atoms with E-state index < -0.39 is 5.97 Å². The number of carbonyl (C=O) groups is 2. The van der Waals surface area contributed by atoms with Crippen LogP contribution in [0.1, 0.15) is 27.2 Å². The Kier molecular flexibility index (Phi) is 6.78. The van der Waals surface area contributed by atoms with Crippen LogP contribution < -0.4 is 5.32 Å². The third-order valence-electron chi connectivity index (χ3n) is 3.98. The van der Waals surface area contributed by atoms with Crippen LogP contribution in [0, 0.1) is 11.8 Å². The molecule has 0 radical (unpaired) electrons. The van der Waals surface area contributed by atoms with E-state index in [1.807, 2.05) is 0 Å². The highest BCUT2D eigenvalue weighted by Gasteiger charge is 2.36. The first kappa shape index (κ1) is 16.8. The summed E-state index contributed by atoms with van der Waals surface area (Å²) in [5.74, 6) is -1.07. The fraction of sp³-hybridized carbons (Fsp3) is 0.857. The van der Waals surface area contributed by atoms with Crippen molar-refractivity contribution in [1.29, 1.82) is 0 Å². The SMILES string of the molecule is CCCN(CC)CCNC(=O)N1CC(C(C)C(=O)O)C1. The largest absolute Gasteiger partial charge is 0.481 e. The van der Waals surface area contributed by atoms with Crippen LogP contribution in [0.2, 0.25) is 0 Å². The Morgan fingerprint density at radius 3 is 2.50 bits per heavy atom. The molecule has 2 amide bonds. The zero-order chi connectivity index (χ0) is 15.1. The van der Waals surface area contributed by atoms with Crippen molar-refractivity contribution in [2.75, 3.05) is 39.3 Å². The summed E-state index contributed by atoms with van der Waals surface area (Å²) in [4.78, 5) is 26.6. The zero-order valence-corrected chi connectivity index (χ0v) is 12.8. The van der Waals surface area contributed by atoms with Crippen LogP contribution in [-0.4, -0.2) is 66.2 Å². The molecule has 1 aliphatic heterocycles. The van der Waals surface area contributed by atoms with E-state index >= 15 is 0 Å². The van der Waals surface area contributed by atoms with Gasteiger partial charge in [0.15, 0.2) is 0 Å². The highest BCUT2D eigenvalue weighted by molar-refractivity contribution is 5.76. The number of likely N-dealkylation sites (tertiary alicyclic amines) is 1. The lowest BCUT2D eigenvalue weighted by molar-refractivity contribution is -0.144. The molecular formula is C14H27N3O3. The average molecular weight is 285 g/mol. The molecule has 0 aromatic rings. The summed E-state index contributed by atoms with van der Waals surface area (Å²) in [6.07, 6.45) is 1.11. The lowest BCUT2D eigenvalue weighted by Gasteiger charge is -2.41. The minimum absolute atomic E-state index is 0.0774. The van der Waals surface area contributed by atoms with Gasteiger partial charge in [0.2, 0.25) is 0 Å². The van der Waals surface area contributed by atoms with Crippen molar-refractivity contribution >= 4 is 12.0 Å². The fourth-order valence-electron chi connectivity index (χ4n) is 2.37. The van der Waals surface area contributed by atoms with Gasteiger partial charge in [-0.15, -0.1) is 0 Å². The van der Waals surface area contributed by atoms with E-state index in [0.29, 0.717) is 19.6 Å². The number of nitrogens with zero attached hydrogens (tertiary/aromatic N) is 2. The molecule has 0 bridgehead atoms. The van der Waals surface area contributed by atoms with Crippen LogP contribution in [0.25, 0.3) is 0 Å². The van der Waals surface area contributed by atoms with E-state index in [-0.39, 0.29) is 17.9 Å². The monoisotopic (exact) mass is 285 g/mol. The van der Waals surface area contributed by atoms with Gasteiger partial charge in [-0.3, -0.25) is 4.79 Å². The predicted molar refractivity (Wildman–Crippen MR) is 77.7 cm³/mol. The Morgan fingerprint density at radius 2 is 2.00 bits per heavy atom. The fourth-order valence-corrected chi connectivity index (χ4v) is 2.37. The first-order valence-electron chi connectivity index (χ1n) is 7.47. The zero-order valence-electron chi connectivity index (χ0n) is 12.8. The molecule has 0 spiro atoms. The molecule has 6 heteroatoms. The summed E-state index contributed by atoms with van der Waals surface area (Å²) >= 11 is 0. The molecule has 6 nitrogen and oxygen atoms in total. The molecule has 0 aromatic heterocycles. The number of amides is 2. The molecule has 1 heterocycles. The van der Waals surface area contributed by atoms with Crippen molar-refractivity contribution in [3.63, 3.8) is 0 Å². The number of carboxylic acids is 1. The quantitative estimate of drug-likeness (QED) is 0.700. The van der Waals surface area contributed by atoms with Crippen LogP contribution in [0.3, 0.4) is 0 Å². The van der Waals surface area contributed by atoms with Gasteiger partial charge >= 0.3 is 12.0 Å². The third-order valence-corrected chi connectivity index (χ3v) is 3.98. The maximum atomic E-state index is 11.8. The number of hydrogen-bond acceptors (Lipinski definition) is 3. The second kappa shape index (κ2) is 8.09. The normalized spacial score (nSPS) is 16.9. The summed E-state index contributed by atoms with van der Waals surface area (Å²) in [5.41, 5.74) is 0. The minimum Gasteiger partial charge on any atom is -0.481 e. The van der Waals surface area contributed by atoms with Crippen molar-refractivity contribution in [2.24, 2.45) is 11.8 Å². The van der Waals surface area contributed by atoms with E-state index in [4.69, 9.17) is 5.11 Å². The summed E-state index contributed by atoms with van der Waals surface area (Å²) in [5, 5.41) is 11.8. The third kappa shape index (κ3) is 4.67. The van der Waals surface area contributed by atoms with Crippen molar-refractivity contribution in [3.8, 4) is 0 Å². The van der Waals surface area contributed by atoms with Crippen LogP contribution in [-0.2, 0) is 4.79 Å². The van der Waals surface area contributed by atoms with Crippen molar-refractivity contribution in [3.05, 3.63) is 0 Å². The molecule has 20 heavy (non-hydrogen) atoms. The Balaban J connectivity index is 2.18. The second-order valence-corrected chi connectivity index (χ2v) is 5.46. The molecule has 2 N–H and O–H groups in total. The first-order chi connectivity index (χ1) is 9.49. The lowest BCUT2D eigenvalue weighted by Crippen LogP contribution is -2.57. The van der Waals surface area contributed by atoms with Crippen LogP contribution in [0.5, 0.6) is 0 Å². The molecule has 1 unspecified atom stereocenters. The molecule has 0 aliphatic carbocycles. The average Bonchev–Trinajstić information content (AvgIpc) is 2.35. The van der Waals surface area contributed by atoms with Crippen molar-refractivity contribution < 1.29 is 14.7 Å². The second-order valence-electron chi connectivity index (χ2n) is 5.46. The van der Waals surface area contributed by atoms with Gasteiger partial charge in [-0.2, -0.15) is 0 Å². The Hall–Kier alpha value is -1.30. The molecule has 1 aliphatic rings. The highest BCUT2D eigenvalue weighted by Crippen LogP contribution is 2.23. The molecule has 0 saturated carbocycles. The Morgan fingerprint density at radius 1 is 1.35 bits per heavy atom. The van der Waals surface area contributed by atoms with Gasteiger partial charge in [0.05, 0.1) is 5.92 Å². The number of urea groups is 1. The molecular weight excluding hydrogens is 258 g/mol. The molecule has 1 atom stereocenters. The van der Waals surface area contributed by atoms with E-state index in [1.54, 1.807) is 11.8 Å². The number of carbonyl (C=O) groups excluding carboxylic acids is 1. The van der Waals surface area contributed by atoms with Gasteiger partial charge in [-0.25, -0.2) is 4.79 Å². The Labute approximate surface area is 121 Å². The highest BCUT2D eigenvalue weighted by atomic mass is 16.4. The number of nitrogens with one attached hydrogen (secondary N) is 1. The van der Waals surface area contributed by atoms with Gasteiger partial charge in [0.1, 0.15) is 0 Å². The van der Waals surface area contributed by atoms with Gasteiger partial charge in [-0.1, -0.05) is 20.8 Å². The molecule has 0 aromatic carbocycles. The van der Waals surface area contributed by atoms with E-state index in [9.17, 15) is 9.59 Å². The number of carboxylic acid groups (broad SMARTS) is 1. The van der Waals surface area contributed by atoms with Gasteiger partial charge in [-0.05, 0) is 19.5 Å². The topological polar surface area (TPSA) is 72.9 Å². The number of aliphatic carboxylic acids is 1. The summed E-state index contributed by atoms with van der Waals surface area (Å²) in [7, 11) is 0. The van der Waals surface area contributed by atoms with Gasteiger partial charge in [0, 0.05) is 32.1 Å². The van der Waals surface area contributed by atoms with Crippen LogP contribution in [0.4, 0.5) is 4.79 Å². The van der Waals surface area contributed by atoms with Crippen molar-refractivity contribution in [1.82, 2.24) is 15.1 Å². The standard InChI is InChI=1S/C14H27N3O3/c1-4-7-16(5-2)8-6-15-14(20)17-9-12(10-17)11(3)13(18)19/h11-12H,4-10H2,1-3H3,(H,15,20)(H,18,19). The van der Waals surface area contributed by atoms with Crippen LogP contribution in [0.15, 0.2) is 0 Å². The predicted octanol–water partition coefficient (Wildman–Crippen LogP) is 1.08. The maximum absolute atomic E-state index is 11.8. The van der Waals surface area contributed by atoms with E-state index in [1.165, 1.54) is 0 Å². The lowest BCUT2D eigenvalue weighted by atomic mass is 9.87. The summed E-state index contributed by atoms with van der Waals surface area (Å²) in [6.45, 7) is 10.6. The molecule has 1 fully saturated rings. The molecule has 1 rings (SSSR count). The number of likely N-dealkylation sites (N-methyl/N-ethyl adjacent to an activating group) is 1. The van der Waals surface area contributed by atoms with Gasteiger partial charge in [0.25, 0.3) is 0 Å². The maximum Gasteiger partial charge on any atom is 0.317 e. The number of rotatable bonds is 8.